The molecule has 0 fully saturated rings. The molecule has 0 aliphatic carbocycles. The van der Waals surface area contributed by atoms with E-state index in [0.29, 0.717) is 6.07 Å². The van der Waals surface area contributed by atoms with Gasteiger partial charge in [0.1, 0.15) is 5.58 Å². The van der Waals surface area contributed by atoms with E-state index in [1.165, 1.54) is 6.07 Å². The molecule has 0 unspecified atom stereocenters. The summed E-state index contributed by atoms with van der Waals surface area (Å²) >= 11 is 0. The lowest BCUT2D eigenvalue weighted by Crippen LogP contribution is -2.57. The van der Waals surface area contributed by atoms with Gasteiger partial charge in [-0.1, -0.05) is 0 Å². The molecule has 0 bridgehead atoms. The minimum Gasteiger partial charge on any atom is -0.493 e. The highest BCUT2D eigenvalue weighted by Gasteiger charge is 2.77. The highest BCUT2D eigenvalue weighted by molar-refractivity contribution is 5.85. The van der Waals surface area contributed by atoms with Crippen LogP contribution in [0.5, 0.6) is 11.5 Å². The molecule has 1 heterocycles. The van der Waals surface area contributed by atoms with E-state index >= 15 is 0 Å². The second kappa shape index (κ2) is 6.18. The van der Waals surface area contributed by atoms with Crippen LogP contribution in [0.2, 0.25) is 0 Å². The zero-order valence-corrected chi connectivity index (χ0v) is 12.5. The van der Waals surface area contributed by atoms with Gasteiger partial charge in [-0.3, -0.25) is 0 Å². The number of halogens is 7. The summed E-state index contributed by atoms with van der Waals surface area (Å²) in [6, 6.07) is 3.91. The Kier molecular flexibility index (Phi) is 4.64. The average molecular weight is 388 g/mol. The molecule has 26 heavy (non-hydrogen) atoms. The molecule has 5 nitrogen and oxygen atoms in total. The highest BCUT2D eigenvalue weighted by atomic mass is 19.4. The monoisotopic (exact) mass is 388 g/mol. The molecule has 0 spiro atoms. The molecule has 1 aromatic carbocycles. The van der Waals surface area contributed by atoms with E-state index < -0.39 is 41.1 Å². The maximum Gasteiger partial charge on any atom is 0.460 e. The SMILES string of the molecule is COc1cc2ccc(=O)oc2cc1OC(=O)C(F)(F)C(F)(F)C(F)(F)F. The van der Waals surface area contributed by atoms with E-state index in [0.717, 1.165) is 19.2 Å². The van der Waals surface area contributed by atoms with E-state index in [1.807, 2.05) is 0 Å². The van der Waals surface area contributed by atoms with Gasteiger partial charge in [-0.15, -0.1) is 0 Å². The molecule has 0 atom stereocenters. The zero-order valence-electron chi connectivity index (χ0n) is 12.5. The summed E-state index contributed by atoms with van der Waals surface area (Å²) < 4.78 is 102. The summed E-state index contributed by atoms with van der Waals surface area (Å²) in [7, 11) is 0.986. The average Bonchev–Trinajstić information content (AvgIpc) is 2.52. The summed E-state index contributed by atoms with van der Waals surface area (Å²) in [5.74, 6) is -17.5. The van der Waals surface area contributed by atoms with Crippen LogP contribution in [0.4, 0.5) is 30.7 Å². The molecule has 0 saturated carbocycles. The van der Waals surface area contributed by atoms with Crippen LogP contribution in [0.1, 0.15) is 0 Å². The van der Waals surface area contributed by atoms with Crippen LogP contribution < -0.4 is 15.1 Å². The second-order valence-corrected chi connectivity index (χ2v) is 4.83. The van der Waals surface area contributed by atoms with Crippen molar-refractivity contribution in [2.24, 2.45) is 0 Å². The van der Waals surface area contributed by atoms with E-state index in [1.54, 1.807) is 0 Å². The first-order chi connectivity index (χ1) is 11.8. The quantitative estimate of drug-likeness (QED) is 0.347. The maximum absolute atomic E-state index is 13.3. The largest absolute Gasteiger partial charge is 0.493 e. The Balaban J connectivity index is 2.46. The predicted molar refractivity (Wildman–Crippen MR) is 70.6 cm³/mol. The number of hydrogen-bond donors (Lipinski definition) is 0. The molecule has 0 aliphatic rings. The van der Waals surface area contributed by atoms with Gasteiger partial charge < -0.3 is 13.9 Å². The summed E-state index contributed by atoms with van der Waals surface area (Å²) in [5.41, 5.74) is -1.19. The fourth-order valence-corrected chi connectivity index (χ4v) is 1.79. The van der Waals surface area contributed by atoms with Crippen molar-refractivity contribution in [3.8, 4) is 11.5 Å². The standard InChI is InChI=1S/C14H7F7O5/c1-24-8-4-6-2-3-10(22)25-7(6)5-9(8)26-11(23)12(15,16)13(17,18)14(19,20)21/h2-5H,1H3. The number of rotatable bonds is 4. The van der Waals surface area contributed by atoms with Crippen molar-refractivity contribution in [1.82, 2.24) is 0 Å². The van der Waals surface area contributed by atoms with Gasteiger partial charge in [0.25, 0.3) is 0 Å². The first-order valence-corrected chi connectivity index (χ1v) is 6.48. The Hall–Kier alpha value is -2.79. The normalized spacial score (nSPS) is 12.9. The number of fused-ring (bicyclic) bond motifs is 1. The van der Waals surface area contributed by atoms with Crippen molar-refractivity contribution in [1.29, 1.82) is 0 Å². The smallest absolute Gasteiger partial charge is 0.460 e. The van der Waals surface area contributed by atoms with Crippen LogP contribution in [0.25, 0.3) is 11.0 Å². The lowest BCUT2D eigenvalue weighted by atomic mass is 10.1. The molecule has 0 radical (unpaired) electrons. The first-order valence-electron chi connectivity index (χ1n) is 6.48. The van der Waals surface area contributed by atoms with Crippen molar-refractivity contribution >= 4 is 16.9 Å². The van der Waals surface area contributed by atoms with Crippen molar-refractivity contribution in [3.63, 3.8) is 0 Å². The Morgan fingerprint density at radius 3 is 2.15 bits per heavy atom. The van der Waals surface area contributed by atoms with Crippen LogP contribution in [-0.4, -0.2) is 31.1 Å². The minimum atomic E-state index is -6.70. The lowest BCUT2D eigenvalue weighted by Gasteiger charge is -2.26. The Bertz CT molecular complexity index is 901. The molecule has 0 aliphatic heterocycles. The third kappa shape index (κ3) is 3.18. The van der Waals surface area contributed by atoms with Gasteiger partial charge in [0.2, 0.25) is 0 Å². The van der Waals surface area contributed by atoms with Gasteiger partial charge >= 0.3 is 29.6 Å². The highest BCUT2D eigenvalue weighted by Crippen LogP contribution is 2.47. The molecule has 2 aromatic rings. The van der Waals surface area contributed by atoms with Crippen LogP contribution in [0, 0.1) is 0 Å². The van der Waals surface area contributed by atoms with E-state index in [9.17, 15) is 40.3 Å². The molecule has 1 aromatic heterocycles. The van der Waals surface area contributed by atoms with Crippen molar-refractivity contribution in [2.45, 2.75) is 18.0 Å². The van der Waals surface area contributed by atoms with Crippen LogP contribution in [0.3, 0.4) is 0 Å². The second-order valence-electron chi connectivity index (χ2n) is 4.83. The number of hydrogen-bond acceptors (Lipinski definition) is 5. The number of benzene rings is 1. The number of methoxy groups -OCH3 is 1. The predicted octanol–water partition coefficient (Wildman–Crippen LogP) is 3.54. The Morgan fingerprint density at radius 2 is 1.62 bits per heavy atom. The van der Waals surface area contributed by atoms with E-state index in [2.05, 4.69) is 9.15 Å². The molecular formula is C14H7F7O5. The summed E-state index contributed by atoms with van der Waals surface area (Å²) in [6.45, 7) is 0. The minimum absolute atomic E-state index is 0.175. The van der Waals surface area contributed by atoms with Crippen molar-refractivity contribution in [2.75, 3.05) is 7.11 Å². The summed E-state index contributed by atoms with van der Waals surface area (Å²) in [6.07, 6.45) is -6.70. The van der Waals surface area contributed by atoms with Crippen LogP contribution in [-0.2, 0) is 4.79 Å². The van der Waals surface area contributed by atoms with Gasteiger partial charge in [0.15, 0.2) is 11.5 Å². The molecule has 12 heteroatoms. The first kappa shape index (κ1) is 19.5. The fourth-order valence-electron chi connectivity index (χ4n) is 1.79. The topological polar surface area (TPSA) is 65.7 Å². The van der Waals surface area contributed by atoms with E-state index in [4.69, 9.17) is 4.74 Å². The third-order valence-electron chi connectivity index (χ3n) is 3.11. The Morgan fingerprint density at radius 1 is 1.00 bits per heavy atom. The van der Waals surface area contributed by atoms with Crippen molar-refractivity contribution in [3.05, 3.63) is 34.7 Å². The number of carbonyl (C=O) groups excluding carboxylic acids is 1. The number of alkyl halides is 7. The maximum atomic E-state index is 13.3. The van der Waals surface area contributed by atoms with Gasteiger partial charge in [-0.25, -0.2) is 9.59 Å². The lowest BCUT2D eigenvalue weighted by molar-refractivity contribution is -0.346. The van der Waals surface area contributed by atoms with Crippen LogP contribution in [0.15, 0.2) is 33.5 Å². The molecule has 0 saturated heterocycles. The van der Waals surface area contributed by atoms with E-state index in [-0.39, 0.29) is 11.0 Å². The van der Waals surface area contributed by atoms with Crippen LogP contribution >= 0.6 is 0 Å². The molecule has 0 amide bonds. The zero-order chi connectivity index (χ0) is 19.9. The molecule has 2 rings (SSSR count). The fraction of sp³-hybridized carbons (Fsp3) is 0.286. The summed E-state index contributed by atoms with van der Waals surface area (Å²) in [4.78, 5) is 22.4. The number of carbonyl (C=O) groups is 1. The van der Waals surface area contributed by atoms with Gasteiger partial charge in [0, 0.05) is 17.5 Å². The molecule has 142 valence electrons. The molecule has 0 N–H and O–H groups in total. The number of esters is 1. The van der Waals surface area contributed by atoms with Gasteiger partial charge in [-0.05, 0) is 12.1 Å². The van der Waals surface area contributed by atoms with Gasteiger partial charge in [-0.2, -0.15) is 30.7 Å². The number of ether oxygens (including phenoxy) is 2. The van der Waals surface area contributed by atoms with Gasteiger partial charge in [0.05, 0.1) is 7.11 Å². The van der Waals surface area contributed by atoms with Crippen molar-refractivity contribution < 1.29 is 49.4 Å². The summed E-state index contributed by atoms with van der Waals surface area (Å²) in [5, 5.41) is 0.175. The Labute approximate surface area is 138 Å². The third-order valence-corrected chi connectivity index (χ3v) is 3.11. The molecular weight excluding hydrogens is 381 g/mol.